The molecule has 0 N–H and O–H groups in total. The number of hydrogen-bond donors (Lipinski definition) is 0. The molecular weight excluding hydrogens is 360 g/mol. The van der Waals surface area contributed by atoms with E-state index in [1.807, 2.05) is 0 Å². The van der Waals surface area contributed by atoms with E-state index in [1.54, 1.807) is 24.3 Å². The predicted molar refractivity (Wildman–Crippen MR) is 73.6 cm³/mol. The van der Waals surface area contributed by atoms with Crippen LogP contribution in [0.1, 0.15) is 21.5 Å². The lowest BCUT2D eigenvalue weighted by Crippen LogP contribution is -2.09. The average molecular weight is 368 g/mol. The van der Waals surface area contributed by atoms with Crippen LogP contribution in [0.5, 0.6) is 0 Å². The van der Waals surface area contributed by atoms with E-state index < -0.39 is 22.4 Å². The van der Waals surface area contributed by atoms with Gasteiger partial charge in [-0.25, -0.2) is 4.39 Å². The summed E-state index contributed by atoms with van der Waals surface area (Å²) in [7, 11) is 0. The molecular formula is C14H8BrClF4. The lowest BCUT2D eigenvalue weighted by atomic mass is 10.0. The van der Waals surface area contributed by atoms with Gasteiger partial charge in [0.05, 0.1) is 10.4 Å². The second-order valence-corrected chi connectivity index (χ2v) is 5.50. The van der Waals surface area contributed by atoms with Crippen molar-refractivity contribution in [2.45, 2.75) is 11.0 Å². The van der Waals surface area contributed by atoms with E-state index >= 15 is 0 Å². The SMILES string of the molecule is Fc1ccc(C(Br)c2ccc(Cl)cc2)cc1C(F)(F)F. The van der Waals surface area contributed by atoms with Crippen molar-refractivity contribution in [3.05, 3.63) is 70.0 Å². The van der Waals surface area contributed by atoms with Crippen molar-refractivity contribution in [3.63, 3.8) is 0 Å². The number of hydrogen-bond acceptors (Lipinski definition) is 0. The Bertz CT molecular complexity index is 608. The quantitative estimate of drug-likeness (QED) is 0.452. The highest BCUT2D eigenvalue weighted by atomic mass is 79.9. The van der Waals surface area contributed by atoms with E-state index in [9.17, 15) is 17.6 Å². The minimum absolute atomic E-state index is 0.320. The molecule has 0 aliphatic rings. The molecule has 0 amide bonds. The summed E-state index contributed by atoms with van der Waals surface area (Å²) in [6, 6.07) is 9.61. The summed E-state index contributed by atoms with van der Waals surface area (Å²) in [4.78, 5) is -0.471. The van der Waals surface area contributed by atoms with Crippen LogP contribution < -0.4 is 0 Å². The van der Waals surface area contributed by atoms with Crippen molar-refractivity contribution in [1.29, 1.82) is 0 Å². The van der Waals surface area contributed by atoms with Crippen LogP contribution in [0.3, 0.4) is 0 Å². The molecule has 20 heavy (non-hydrogen) atoms. The van der Waals surface area contributed by atoms with Crippen molar-refractivity contribution in [2.75, 3.05) is 0 Å². The van der Waals surface area contributed by atoms with Crippen molar-refractivity contribution >= 4 is 27.5 Å². The summed E-state index contributed by atoms with van der Waals surface area (Å²) in [6.45, 7) is 0. The number of benzene rings is 2. The monoisotopic (exact) mass is 366 g/mol. The standard InChI is InChI=1S/C14H8BrClF4/c15-13(8-1-4-10(16)5-2-8)9-3-6-12(17)11(7-9)14(18,19)20/h1-7,13H. The van der Waals surface area contributed by atoms with Crippen LogP contribution in [0.4, 0.5) is 17.6 Å². The summed E-state index contributed by atoms with van der Waals surface area (Å²) in [6.07, 6.45) is -4.72. The molecule has 0 bridgehead atoms. The minimum Gasteiger partial charge on any atom is -0.206 e. The Morgan fingerprint density at radius 2 is 1.50 bits per heavy atom. The maximum Gasteiger partial charge on any atom is 0.419 e. The smallest absolute Gasteiger partial charge is 0.206 e. The van der Waals surface area contributed by atoms with Crippen LogP contribution in [-0.4, -0.2) is 0 Å². The third kappa shape index (κ3) is 3.33. The molecule has 1 atom stereocenters. The van der Waals surface area contributed by atoms with Gasteiger partial charge in [0.2, 0.25) is 0 Å². The van der Waals surface area contributed by atoms with E-state index in [0.29, 0.717) is 10.6 Å². The molecule has 1 unspecified atom stereocenters. The third-order valence-electron chi connectivity index (χ3n) is 2.75. The van der Waals surface area contributed by atoms with E-state index in [2.05, 4.69) is 15.9 Å². The van der Waals surface area contributed by atoms with Crippen LogP contribution >= 0.6 is 27.5 Å². The Morgan fingerprint density at radius 1 is 0.950 bits per heavy atom. The average Bonchev–Trinajstić information content (AvgIpc) is 2.38. The molecule has 0 aliphatic heterocycles. The molecule has 2 aromatic carbocycles. The van der Waals surface area contributed by atoms with Gasteiger partial charge in [-0.15, -0.1) is 0 Å². The molecule has 106 valence electrons. The normalized spacial score (nSPS) is 13.3. The van der Waals surface area contributed by atoms with Crippen molar-refractivity contribution in [2.24, 2.45) is 0 Å². The second-order valence-electron chi connectivity index (χ2n) is 4.15. The summed E-state index contributed by atoms with van der Waals surface area (Å²) >= 11 is 9.07. The van der Waals surface area contributed by atoms with Gasteiger partial charge in [0.1, 0.15) is 5.82 Å². The van der Waals surface area contributed by atoms with Gasteiger partial charge >= 0.3 is 6.18 Å². The summed E-state index contributed by atoms with van der Waals surface area (Å²) in [5.74, 6) is -1.28. The third-order valence-corrected chi connectivity index (χ3v) is 4.06. The molecule has 0 aromatic heterocycles. The molecule has 6 heteroatoms. The molecule has 0 fully saturated rings. The highest BCUT2D eigenvalue weighted by molar-refractivity contribution is 9.09. The van der Waals surface area contributed by atoms with Crippen LogP contribution in [0.15, 0.2) is 42.5 Å². The highest BCUT2D eigenvalue weighted by Gasteiger charge is 2.34. The topological polar surface area (TPSA) is 0 Å². The Morgan fingerprint density at radius 3 is 2.05 bits per heavy atom. The highest BCUT2D eigenvalue weighted by Crippen LogP contribution is 2.37. The zero-order chi connectivity index (χ0) is 14.9. The maximum absolute atomic E-state index is 13.2. The first-order valence-corrected chi connectivity index (χ1v) is 6.84. The first kappa shape index (κ1) is 15.3. The Hall–Kier alpha value is -1.07. The molecule has 0 saturated carbocycles. The van der Waals surface area contributed by atoms with Crippen LogP contribution in [0, 0.1) is 5.82 Å². The Labute approximate surface area is 126 Å². The van der Waals surface area contributed by atoms with Gasteiger partial charge in [-0.3, -0.25) is 0 Å². The number of rotatable bonds is 2. The van der Waals surface area contributed by atoms with E-state index in [-0.39, 0.29) is 0 Å². The molecule has 0 spiro atoms. The lowest BCUT2D eigenvalue weighted by Gasteiger charge is -2.14. The Balaban J connectivity index is 2.40. The summed E-state index contributed by atoms with van der Waals surface area (Å²) < 4.78 is 51.3. The molecule has 0 heterocycles. The number of alkyl halides is 4. The van der Waals surface area contributed by atoms with Gasteiger partial charge in [0.25, 0.3) is 0 Å². The van der Waals surface area contributed by atoms with Crippen LogP contribution in [0.25, 0.3) is 0 Å². The Kier molecular flexibility index (Phi) is 4.39. The second kappa shape index (κ2) is 5.74. The molecule has 2 rings (SSSR count). The van der Waals surface area contributed by atoms with E-state index in [1.165, 1.54) is 6.07 Å². The largest absolute Gasteiger partial charge is 0.419 e. The number of halogens is 6. The van der Waals surface area contributed by atoms with Crippen LogP contribution in [0.2, 0.25) is 5.02 Å². The first-order valence-electron chi connectivity index (χ1n) is 5.55. The first-order chi connectivity index (χ1) is 9.29. The fourth-order valence-electron chi connectivity index (χ4n) is 1.74. The molecule has 0 radical (unpaired) electrons. The van der Waals surface area contributed by atoms with Crippen molar-refractivity contribution in [1.82, 2.24) is 0 Å². The minimum atomic E-state index is -4.72. The van der Waals surface area contributed by atoms with Gasteiger partial charge in [0, 0.05) is 5.02 Å². The van der Waals surface area contributed by atoms with Crippen LogP contribution in [-0.2, 0) is 6.18 Å². The van der Waals surface area contributed by atoms with Gasteiger partial charge in [-0.2, -0.15) is 13.2 Å². The molecule has 0 saturated heterocycles. The fraction of sp³-hybridized carbons (Fsp3) is 0.143. The van der Waals surface area contributed by atoms with E-state index in [4.69, 9.17) is 11.6 Å². The van der Waals surface area contributed by atoms with Gasteiger partial charge in [-0.05, 0) is 35.4 Å². The predicted octanol–water partition coefficient (Wildman–Crippen LogP) is 5.98. The maximum atomic E-state index is 13.2. The lowest BCUT2D eigenvalue weighted by molar-refractivity contribution is -0.140. The van der Waals surface area contributed by atoms with Gasteiger partial charge in [0.15, 0.2) is 0 Å². The molecule has 0 nitrogen and oxygen atoms in total. The summed E-state index contributed by atoms with van der Waals surface area (Å²) in [5.41, 5.74) is -0.219. The zero-order valence-electron chi connectivity index (χ0n) is 9.89. The van der Waals surface area contributed by atoms with Gasteiger partial charge in [-0.1, -0.05) is 45.7 Å². The molecule has 0 aliphatic carbocycles. The van der Waals surface area contributed by atoms with Crippen molar-refractivity contribution < 1.29 is 17.6 Å². The van der Waals surface area contributed by atoms with Crippen molar-refractivity contribution in [3.8, 4) is 0 Å². The fourth-order valence-corrected chi connectivity index (χ4v) is 2.46. The van der Waals surface area contributed by atoms with Gasteiger partial charge < -0.3 is 0 Å². The summed E-state index contributed by atoms with van der Waals surface area (Å²) in [5, 5.41) is 0.531. The molecule has 2 aromatic rings. The van der Waals surface area contributed by atoms with E-state index in [0.717, 1.165) is 17.7 Å². The zero-order valence-corrected chi connectivity index (χ0v) is 12.2.